The molecule has 1 atom stereocenters. The first-order valence-electron chi connectivity index (χ1n) is 5.34. The highest BCUT2D eigenvalue weighted by Gasteiger charge is 2.15. The molecule has 0 aliphatic carbocycles. The fourth-order valence-corrected chi connectivity index (χ4v) is 3.56. The lowest BCUT2D eigenvalue weighted by Gasteiger charge is -1.99. The first kappa shape index (κ1) is 10.9. The van der Waals surface area contributed by atoms with Crippen LogP contribution in [0.15, 0.2) is 21.9 Å². The van der Waals surface area contributed by atoms with Crippen LogP contribution in [0.25, 0.3) is 20.2 Å². The molecule has 0 aliphatic heterocycles. The van der Waals surface area contributed by atoms with Gasteiger partial charge in [0.1, 0.15) is 0 Å². The second-order valence-electron chi connectivity index (χ2n) is 3.72. The third-order valence-electron chi connectivity index (χ3n) is 2.55. The van der Waals surface area contributed by atoms with Gasteiger partial charge in [-0.05, 0) is 23.9 Å². The van der Waals surface area contributed by atoms with Gasteiger partial charge >= 0.3 is 0 Å². The molecule has 3 heterocycles. The Morgan fingerprint density at radius 1 is 1.41 bits per heavy atom. The van der Waals surface area contributed by atoms with Crippen LogP contribution in [0.3, 0.4) is 0 Å². The number of aromatic nitrogens is 2. The Hall–Kier alpha value is -1.24. The molecule has 6 heteroatoms. The minimum Gasteiger partial charge on any atom is -0.418 e. The first-order chi connectivity index (χ1) is 8.28. The molecule has 4 nitrogen and oxygen atoms in total. The molecule has 3 rings (SSSR count). The molecule has 0 saturated carbocycles. The van der Waals surface area contributed by atoms with Crippen LogP contribution in [0.1, 0.15) is 25.3 Å². The summed E-state index contributed by atoms with van der Waals surface area (Å²) in [6, 6.07) is 4.01. The summed E-state index contributed by atoms with van der Waals surface area (Å²) in [6.07, 6.45) is 0.793. The van der Waals surface area contributed by atoms with E-state index < -0.39 is 0 Å². The zero-order valence-corrected chi connectivity index (χ0v) is 10.8. The van der Waals surface area contributed by atoms with Crippen molar-refractivity contribution in [2.24, 2.45) is 5.73 Å². The maximum Gasteiger partial charge on any atom is 0.257 e. The van der Waals surface area contributed by atoms with Crippen LogP contribution in [0.2, 0.25) is 0 Å². The highest BCUT2D eigenvalue weighted by Crippen LogP contribution is 2.35. The highest BCUT2D eigenvalue weighted by molar-refractivity contribution is 7.28. The molecular formula is C11H11N3OS2. The molecule has 0 saturated heterocycles. The summed E-state index contributed by atoms with van der Waals surface area (Å²) in [5.74, 6) is 1.08. The van der Waals surface area contributed by atoms with Crippen molar-refractivity contribution in [2.75, 3.05) is 0 Å². The third-order valence-corrected chi connectivity index (χ3v) is 4.63. The number of hydrogen-bond acceptors (Lipinski definition) is 6. The van der Waals surface area contributed by atoms with E-state index in [1.54, 1.807) is 22.7 Å². The Bertz CT molecular complexity index is 611. The molecule has 0 amide bonds. The summed E-state index contributed by atoms with van der Waals surface area (Å²) < 4.78 is 8.10. The number of rotatable bonds is 3. The minimum atomic E-state index is -0.169. The van der Waals surface area contributed by atoms with Gasteiger partial charge in [-0.3, -0.25) is 0 Å². The van der Waals surface area contributed by atoms with E-state index >= 15 is 0 Å². The van der Waals surface area contributed by atoms with Gasteiger partial charge in [-0.2, -0.15) is 0 Å². The lowest BCUT2D eigenvalue weighted by atomic mass is 10.2. The van der Waals surface area contributed by atoms with Crippen LogP contribution in [-0.4, -0.2) is 10.2 Å². The molecule has 3 aromatic rings. The van der Waals surface area contributed by atoms with Gasteiger partial charge in [0.25, 0.3) is 5.89 Å². The number of hydrogen-bond donors (Lipinski definition) is 1. The Kier molecular flexibility index (Phi) is 2.70. The van der Waals surface area contributed by atoms with Crippen molar-refractivity contribution in [1.29, 1.82) is 0 Å². The summed E-state index contributed by atoms with van der Waals surface area (Å²) in [4.78, 5) is 1.01. The SMILES string of the molecule is CCC(N)c1nnc(-c2cc3sccc3s2)o1. The van der Waals surface area contributed by atoms with Crippen molar-refractivity contribution < 1.29 is 4.42 Å². The van der Waals surface area contributed by atoms with Gasteiger partial charge in [-0.25, -0.2) is 0 Å². The molecule has 2 N–H and O–H groups in total. The molecule has 0 fully saturated rings. The van der Waals surface area contributed by atoms with Crippen molar-refractivity contribution in [2.45, 2.75) is 19.4 Å². The second-order valence-corrected chi connectivity index (χ2v) is 5.75. The van der Waals surface area contributed by atoms with Crippen molar-refractivity contribution in [3.05, 3.63) is 23.4 Å². The molecule has 0 aromatic carbocycles. The fraction of sp³-hybridized carbons (Fsp3) is 0.273. The van der Waals surface area contributed by atoms with E-state index in [-0.39, 0.29) is 6.04 Å². The van der Waals surface area contributed by atoms with E-state index in [9.17, 15) is 0 Å². The van der Waals surface area contributed by atoms with E-state index in [0.717, 1.165) is 11.3 Å². The van der Waals surface area contributed by atoms with Gasteiger partial charge < -0.3 is 10.2 Å². The quantitative estimate of drug-likeness (QED) is 0.788. The molecule has 17 heavy (non-hydrogen) atoms. The van der Waals surface area contributed by atoms with Crippen molar-refractivity contribution in [3.8, 4) is 10.8 Å². The van der Waals surface area contributed by atoms with Crippen molar-refractivity contribution >= 4 is 32.1 Å². The summed E-state index contributed by atoms with van der Waals surface area (Å²) in [7, 11) is 0. The predicted octanol–water partition coefficient (Wildman–Crippen LogP) is 3.42. The monoisotopic (exact) mass is 265 g/mol. The Balaban J connectivity index is 1.98. The molecule has 0 spiro atoms. The molecule has 0 bridgehead atoms. The van der Waals surface area contributed by atoms with Crippen LogP contribution in [0.5, 0.6) is 0 Å². The Morgan fingerprint density at radius 3 is 3.06 bits per heavy atom. The van der Waals surface area contributed by atoms with Gasteiger partial charge in [0.2, 0.25) is 5.89 Å². The number of nitrogens with zero attached hydrogens (tertiary/aromatic N) is 2. The fourth-order valence-electron chi connectivity index (χ4n) is 1.53. The zero-order chi connectivity index (χ0) is 11.8. The lowest BCUT2D eigenvalue weighted by molar-refractivity contribution is 0.453. The highest BCUT2D eigenvalue weighted by atomic mass is 32.1. The van der Waals surface area contributed by atoms with Gasteiger partial charge in [0.15, 0.2) is 0 Å². The van der Waals surface area contributed by atoms with E-state index in [1.165, 1.54) is 9.40 Å². The molecule has 0 aliphatic rings. The predicted molar refractivity (Wildman–Crippen MR) is 70.2 cm³/mol. The molecule has 1 unspecified atom stereocenters. The zero-order valence-electron chi connectivity index (χ0n) is 9.21. The molecule has 3 aromatic heterocycles. The van der Waals surface area contributed by atoms with Crippen molar-refractivity contribution in [1.82, 2.24) is 10.2 Å². The van der Waals surface area contributed by atoms with Crippen LogP contribution in [0, 0.1) is 0 Å². The van der Waals surface area contributed by atoms with E-state index in [4.69, 9.17) is 10.2 Å². The molecular weight excluding hydrogens is 254 g/mol. The summed E-state index contributed by atoms with van der Waals surface area (Å²) in [5, 5.41) is 10.1. The molecule has 0 radical (unpaired) electrons. The van der Waals surface area contributed by atoms with Crippen LogP contribution < -0.4 is 5.73 Å². The smallest absolute Gasteiger partial charge is 0.257 e. The number of thiophene rings is 2. The Labute approximate surface area is 106 Å². The second kappa shape index (κ2) is 4.21. The summed E-state index contributed by atoms with van der Waals surface area (Å²) in [6.45, 7) is 2.00. The van der Waals surface area contributed by atoms with Gasteiger partial charge in [-0.15, -0.1) is 32.9 Å². The van der Waals surface area contributed by atoms with Gasteiger partial charge in [0, 0.05) is 9.40 Å². The van der Waals surface area contributed by atoms with Crippen LogP contribution in [0.4, 0.5) is 0 Å². The molecule has 88 valence electrons. The normalized spacial score (nSPS) is 13.3. The lowest BCUT2D eigenvalue weighted by Crippen LogP contribution is -2.08. The third kappa shape index (κ3) is 1.88. The topological polar surface area (TPSA) is 64.9 Å². The summed E-state index contributed by atoms with van der Waals surface area (Å²) >= 11 is 3.38. The average molecular weight is 265 g/mol. The summed E-state index contributed by atoms with van der Waals surface area (Å²) in [5.41, 5.74) is 5.85. The largest absolute Gasteiger partial charge is 0.418 e. The first-order valence-corrected chi connectivity index (χ1v) is 7.04. The van der Waals surface area contributed by atoms with Crippen molar-refractivity contribution in [3.63, 3.8) is 0 Å². The average Bonchev–Trinajstić information content (AvgIpc) is 3.00. The maximum absolute atomic E-state index is 5.85. The Morgan fingerprint density at radius 2 is 2.29 bits per heavy atom. The number of fused-ring (bicyclic) bond motifs is 1. The van der Waals surface area contributed by atoms with Gasteiger partial charge in [0.05, 0.1) is 10.9 Å². The van der Waals surface area contributed by atoms with Gasteiger partial charge in [-0.1, -0.05) is 6.92 Å². The van der Waals surface area contributed by atoms with E-state index in [2.05, 4.69) is 27.7 Å². The van der Waals surface area contributed by atoms with Crippen LogP contribution in [-0.2, 0) is 0 Å². The minimum absolute atomic E-state index is 0.169. The van der Waals surface area contributed by atoms with E-state index in [1.807, 2.05) is 6.92 Å². The standard InChI is InChI=1S/C11H11N3OS2/c1-2-6(12)10-13-14-11(15-10)9-5-8-7(17-9)3-4-16-8/h3-6H,2,12H2,1H3. The van der Waals surface area contributed by atoms with Crippen LogP contribution >= 0.6 is 22.7 Å². The number of nitrogens with two attached hydrogens (primary N) is 1. The maximum atomic E-state index is 5.85. The van der Waals surface area contributed by atoms with E-state index in [0.29, 0.717) is 11.8 Å².